The Hall–Kier alpha value is -0.770. The molecule has 1 heterocycles. The van der Waals surface area contributed by atoms with E-state index < -0.39 is 5.60 Å². The fraction of sp³-hybridized carbons (Fsp3) is 0.947. The van der Waals surface area contributed by atoms with Crippen LogP contribution in [0.3, 0.4) is 0 Å². The maximum atomic E-state index is 12.1. The van der Waals surface area contributed by atoms with Crippen LogP contribution in [0.1, 0.15) is 67.2 Å². The number of ether oxygens (including phenoxy) is 1. The quantitative estimate of drug-likeness (QED) is 0.848. The summed E-state index contributed by atoms with van der Waals surface area (Å²) in [5.74, 6) is 1.55. The monoisotopic (exact) mass is 324 g/mol. The molecule has 1 saturated heterocycles. The first-order valence-corrected chi connectivity index (χ1v) is 9.22. The lowest BCUT2D eigenvalue weighted by atomic mass is 9.80. The van der Waals surface area contributed by atoms with Crippen LogP contribution in [0.2, 0.25) is 0 Å². The molecule has 0 aromatic rings. The number of rotatable bonds is 4. The molecule has 1 aliphatic heterocycles. The van der Waals surface area contributed by atoms with Crippen molar-refractivity contribution in [2.75, 3.05) is 19.6 Å². The molecule has 0 aromatic heterocycles. The molecule has 4 heteroatoms. The Labute approximate surface area is 142 Å². The lowest BCUT2D eigenvalue weighted by Crippen LogP contribution is -2.52. The normalized spacial score (nSPS) is 26.9. The van der Waals surface area contributed by atoms with Gasteiger partial charge in [-0.2, -0.15) is 0 Å². The van der Waals surface area contributed by atoms with E-state index in [0.717, 1.165) is 18.9 Å². The summed E-state index contributed by atoms with van der Waals surface area (Å²) in [7, 11) is 0. The van der Waals surface area contributed by atoms with Crippen LogP contribution in [-0.4, -0.2) is 42.3 Å². The van der Waals surface area contributed by atoms with Crippen molar-refractivity contribution < 1.29 is 9.53 Å². The van der Waals surface area contributed by atoms with Crippen molar-refractivity contribution in [1.82, 2.24) is 10.2 Å². The standard InChI is InChI=1S/C19H36N2O2/c1-18(2,3)10-15-9-16(20-17(22)23-19(4,5)6)13-21(12-15)11-14-7-8-14/h14-16H,7-13H2,1-6H3,(H,20,22). The van der Waals surface area contributed by atoms with Gasteiger partial charge in [0.1, 0.15) is 5.60 Å². The average Bonchev–Trinajstić information content (AvgIpc) is 3.06. The number of nitrogens with zero attached hydrogens (tertiary/aromatic N) is 1. The summed E-state index contributed by atoms with van der Waals surface area (Å²) in [5.41, 5.74) is -0.0962. The summed E-state index contributed by atoms with van der Waals surface area (Å²) >= 11 is 0. The molecular formula is C19H36N2O2. The smallest absolute Gasteiger partial charge is 0.407 e. The maximum Gasteiger partial charge on any atom is 0.407 e. The van der Waals surface area contributed by atoms with E-state index in [1.165, 1.54) is 32.4 Å². The van der Waals surface area contributed by atoms with Gasteiger partial charge in [0.05, 0.1) is 0 Å². The van der Waals surface area contributed by atoms with Crippen molar-refractivity contribution >= 4 is 6.09 Å². The molecule has 2 fully saturated rings. The second kappa shape index (κ2) is 7.00. The van der Waals surface area contributed by atoms with Gasteiger partial charge >= 0.3 is 6.09 Å². The summed E-state index contributed by atoms with van der Waals surface area (Å²) in [6.45, 7) is 16.0. The second-order valence-corrected chi connectivity index (χ2v) is 9.87. The van der Waals surface area contributed by atoms with Crippen LogP contribution in [0.5, 0.6) is 0 Å². The molecule has 1 amide bonds. The van der Waals surface area contributed by atoms with Crippen molar-refractivity contribution in [3.63, 3.8) is 0 Å². The number of alkyl carbamates (subject to hydrolysis) is 1. The van der Waals surface area contributed by atoms with E-state index in [9.17, 15) is 4.79 Å². The summed E-state index contributed by atoms with van der Waals surface area (Å²) in [6.07, 6.45) is 4.76. The lowest BCUT2D eigenvalue weighted by Gasteiger charge is -2.40. The SMILES string of the molecule is CC(C)(C)CC1CC(NC(=O)OC(C)(C)C)CN(CC2CC2)C1. The molecule has 2 unspecified atom stereocenters. The van der Waals surface area contributed by atoms with Gasteiger partial charge < -0.3 is 15.0 Å². The Morgan fingerprint density at radius 3 is 2.26 bits per heavy atom. The van der Waals surface area contributed by atoms with Crippen LogP contribution >= 0.6 is 0 Å². The van der Waals surface area contributed by atoms with Gasteiger partial charge in [-0.15, -0.1) is 0 Å². The van der Waals surface area contributed by atoms with E-state index in [2.05, 4.69) is 31.0 Å². The minimum Gasteiger partial charge on any atom is -0.444 e. The molecule has 4 nitrogen and oxygen atoms in total. The fourth-order valence-corrected chi connectivity index (χ4v) is 3.71. The zero-order valence-corrected chi connectivity index (χ0v) is 15.9. The Morgan fingerprint density at radius 2 is 1.74 bits per heavy atom. The highest BCUT2D eigenvalue weighted by Crippen LogP contribution is 2.34. The summed E-state index contributed by atoms with van der Waals surface area (Å²) in [4.78, 5) is 14.7. The van der Waals surface area contributed by atoms with Crippen molar-refractivity contribution in [1.29, 1.82) is 0 Å². The van der Waals surface area contributed by atoms with Gasteiger partial charge in [-0.3, -0.25) is 0 Å². The summed E-state index contributed by atoms with van der Waals surface area (Å²) in [5, 5.41) is 3.11. The van der Waals surface area contributed by atoms with Gasteiger partial charge in [0, 0.05) is 25.7 Å². The first-order valence-electron chi connectivity index (χ1n) is 9.22. The number of carbonyl (C=O) groups is 1. The Balaban J connectivity index is 1.92. The van der Waals surface area contributed by atoms with Crippen LogP contribution < -0.4 is 5.32 Å². The minimum atomic E-state index is -0.433. The van der Waals surface area contributed by atoms with Gasteiger partial charge in [-0.05, 0) is 63.7 Å². The number of carbonyl (C=O) groups excluding carboxylic acids is 1. The third kappa shape index (κ3) is 7.56. The van der Waals surface area contributed by atoms with Crippen molar-refractivity contribution in [2.24, 2.45) is 17.3 Å². The third-order valence-electron chi connectivity index (χ3n) is 4.45. The predicted octanol–water partition coefficient (Wildman–Crippen LogP) is 4.05. The second-order valence-electron chi connectivity index (χ2n) is 9.87. The van der Waals surface area contributed by atoms with Crippen molar-refractivity contribution in [3.05, 3.63) is 0 Å². The van der Waals surface area contributed by atoms with E-state index >= 15 is 0 Å². The average molecular weight is 325 g/mol. The molecule has 134 valence electrons. The van der Waals surface area contributed by atoms with Crippen molar-refractivity contribution in [2.45, 2.75) is 78.9 Å². The van der Waals surface area contributed by atoms with E-state index in [-0.39, 0.29) is 12.1 Å². The molecular weight excluding hydrogens is 288 g/mol. The summed E-state index contributed by atoms with van der Waals surface area (Å²) in [6, 6.07) is 0.213. The number of likely N-dealkylation sites (tertiary alicyclic amines) is 1. The van der Waals surface area contributed by atoms with Gasteiger partial charge in [0.25, 0.3) is 0 Å². The molecule has 2 atom stereocenters. The van der Waals surface area contributed by atoms with E-state index in [0.29, 0.717) is 11.3 Å². The summed E-state index contributed by atoms with van der Waals surface area (Å²) < 4.78 is 5.44. The van der Waals surface area contributed by atoms with Crippen molar-refractivity contribution in [3.8, 4) is 0 Å². The third-order valence-corrected chi connectivity index (χ3v) is 4.45. The number of hydrogen-bond donors (Lipinski definition) is 1. The van der Waals surface area contributed by atoms with E-state index in [1.54, 1.807) is 0 Å². The topological polar surface area (TPSA) is 41.6 Å². The van der Waals surface area contributed by atoms with Crippen LogP contribution in [0.25, 0.3) is 0 Å². The van der Waals surface area contributed by atoms with E-state index in [4.69, 9.17) is 4.74 Å². The number of amides is 1. The van der Waals surface area contributed by atoms with Crippen LogP contribution in [-0.2, 0) is 4.74 Å². The predicted molar refractivity (Wildman–Crippen MR) is 94.5 cm³/mol. The molecule has 1 aliphatic carbocycles. The highest BCUT2D eigenvalue weighted by Gasteiger charge is 2.34. The molecule has 0 radical (unpaired) electrons. The van der Waals surface area contributed by atoms with Crippen LogP contribution in [0.15, 0.2) is 0 Å². The maximum absolute atomic E-state index is 12.1. The van der Waals surface area contributed by atoms with Gasteiger partial charge in [0.2, 0.25) is 0 Å². The van der Waals surface area contributed by atoms with Gasteiger partial charge in [0.15, 0.2) is 0 Å². The number of piperidine rings is 1. The van der Waals surface area contributed by atoms with Crippen LogP contribution in [0, 0.1) is 17.3 Å². The fourth-order valence-electron chi connectivity index (χ4n) is 3.71. The van der Waals surface area contributed by atoms with Crippen LogP contribution in [0.4, 0.5) is 4.79 Å². The minimum absolute atomic E-state index is 0.213. The Bertz CT molecular complexity index is 405. The zero-order valence-electron chi connectivity index (χ0n) is 15.9. The number of nitrogens with one attached hydrogen (secondary N) is 1. The molecule has 0 aromatic carbocycles. The molecule has 1 saturated carbocycles. The largest absolute Gasteiger partial charge is 0.444 e. The first kappa shape index (κ1) is 18.6. The zero-order chi connectivity index (χ0) is 17.3. The van der Waals surface area contributed by atoms with Gasteiger partial charge in [-0.1, -0.05) is 20.8 Å². The lowest BCUT2D eigenvalue weighted by molar-refractivity contribution is 0.0430. The van der Waals surface area contributed by atoms with Gasteiger partial charge in [-0.25, -0.2) is 4.79 Å². The Morgan fingerprint density at radius 1 is 1.09 bits per heavy atom. The molecule has 23 heavy (non-hydrogen) atoms. The van der Waals surface area contributed by atoms with E-state index in [1.807, 2.05) is 20.8 Å². The highest BCUT2D eigenvalue weighted by atomic mass is 16.6. The first-order chi connectivity index (χ1) is 10.5. The molecule has 1 N–H and O–H groups in total. The molecule has 0 bridgehead atoms. The molecule has 2 aliphatic rings. The Kier molecular flexibility index (Phi) is 5.65. The molecule has 2 rings (SSSR count). The number of hydrogen-bond acceptors (Lipinski definition) is 3. The highest BCUT2D eigenvalue weighted by molar-refractivity contribution is 5.68. The molecule has 0 spiro atoms.